The molecule has 0 aliphatic carbocycles. The largest absolute Gasteiger partial charge is 0.508 e. The van der Waals surface area contributed by atoms with E-state index in [1.807, 2.05) is 6.07 Å². The van der Waals surface area contributed by atoms with E-state index in [9.17, 15) is 5.11 Å². The van der Waals surface area contributed by atoms with Gasteiger partial charge < -0.3 is 15.2 Å². The van der Waals surface area contributed by atoms with Crippen LogP contribution in [0.25, 0.3) is 22.0 Å². The maximum Gasteiger partial charge on any atom is 0.146 e. The number of halogens is 1. The Morgan fingerprint density at radius 1 is 1.18 bits per heavy atom. The van der Waals surface area contributed by atoms with Crippen LogP contribution in [0, 0.1) is 17.3 Å². The molecule has 3 aliphatic rings. The summed E-state index contributed by atoms with van der Waals surface area (Å²) in [6.07, 6.45) is 5.30. The predicted octanol–water partition coefficient (Wildman–Crippen LogP) is 6.88. The molecule has 7 nitrogen and oxygen atoms in total. The number of nitrogens with zero attached hydrogens (tertiary/aromatic N) is 4. The Morgan fingerprint density at radius 3 is 2.69 bits per heavy atom. The van der Waals surface area contributed by atoms with Crippen molar-refractivity contribution in [3.8, 4) is 28.5 Å². The van der Waals surface area contributed by atoms with Crippen molar-refractivity contribution in [2.75, 3.05) is 38.4 Å². The van der Waals surface area contributed by atoms with Crippen LogP contribution in [-0.4, -0.2) is 74.4 Å². The molecule has 1 aromatic heterocycles. The van der Waals surface area contributed by atoms with Gasteiger partial charge in [0.05, 0.1) is 33.2 Å². The van der Waals surface area contributed by atoms with Crippen LogP contribution in [0.3, 0.4) is 0 Å². The van der Waals surface area contributed by atoms with Crippen molar-refractivity contribution < 1.29 is 18.3 Å². The molecule has 0 saturated carbocycles. The molecule has 2 atom stereocenters. The van der Waals surface area contributed by atoms with Gasteiger partial charge in [-0.3, -0.25) is 15.0 Å². The zero-order valence-corrected chi connectivity index (χ0v) is 28.1. The minimum Gasteiger partial charge on any atom is -0.508 e. The van der Waals surface area contributed by atoms with Crippen molar-refractivity contribution in [3.63, 3.8) is 0 Å². The number of aromatic nitrogens is 1. The Kier molecular flexibility index (Phi) is 7.55. The summed E-state index contributed by atoms with van der Waals surface area (Å²) in [6, 6.07) is 8.57. The molecule has 2 N–H and O–H groups in total. The Morgan fingerprint density at radius 2 is 1.96 bits per heavy atom. The van der Waals surface area contributed by atoms with E-state index in [1.54, 1.807) is 30.6 Å². The molecular weight excluding hydrogens is 582 g/mol. The first-order valence-corrected chi connectivity index (χ1v) is 18.3. The summed E-state index contributed by atoms with van der Waals surface area (Å²) in [5.74, 6) is 3.03. The molecule has 4 heterocycles. The number of methoxy groups -OCH3 is 1. The predicted molar refractivity (Wildman–Crippen MR) is 184 cm³/mol. The molecule has 45 heavy (non-hydrogen) atoms. The van der Waals surface area contributed by atoms with Crippen LogP contribution in [0.15, 0.2) is 41.5 Å². The fourth-order valence-electron chi connectivity index (χ4n) is 8.25. The standard InChI is InChI=1S/C36H46FN5O2Si/c1-23(2)45(24(3)4,25(5)6)13-11-30-32(37)9-8-26-14-29(43)15-31(35(26)30)33-16-34-27(18-39-33)17-38-22-42(34)41-19-28-10-12-36(20-41,40-28)21-44-7/h8-9,14-18,23-25,28,40,43H,10,12,19-22H2,1-7H3/i7D3. The summed E-state index contributed by atoms with van der Waals surface area (Å²) in [7, 11) is -4.63. The van der Waals surface area contributed by atoms with Crippen molar-refractivity contribution in [2.45, 2.75) is 82.6 Å². The highest BCUT2D eigenvalue weighted by Gasteiger charge is 2.46. The second kappa shape index (κ2) is 12.1. The summed E-state index contributed by atoms with van der Waals surface area (Å²) in [6.45, 7) is 15.2. The van der Waals surface area contributed by atoms with Gasteiger partial charge in [-0.2, -0.15) is 0 Å². The normalized spacial score (nSPS) is 22.8. The number of ether oxygens (including phenoxy) is 1. The lowest BCUT2D eigenvalue weighted by atomic mass is 9.95. The van der Waals surface area contributed by atoms with Crippen LogP contribution in [0.1, 0.15) is 69.6 Å². The van der Waals surface area contributed by atoms with Gasteiger partial charge in [0.25, 0.3) is 0 Å². The third-order valence-corrected chi connectivity index (χ3v) is 16.6. The lowest BCUT2D eigenvalue weighted by Crippen LogP contribution is -2.65. The van der Waals surface area contributed by atoms with Gasteiger partial charge in [0.15, 0.2) is 0 Å². The Bertz CT molecular complexity index is 1780. The third-order valence-electron chi connectivity index (χ3n) is 10.3. The number of piperazine rings is 1. The number of hydrazine groups is 1. The number of fused-ring (bicyclic) bond motifs is 4. The molecule has 0 amide bonds. The van der Waals surface area contributed by atoms with Crippen LogP contribution < -0.4 is 10.3 Å². The number of benzene rings is 2. The number of phenols is 1. The molecule has 3 aromatic rings. The quantitative estimate of drug-likeness (QED) is 0.219. The zero-order chi connectivity index (χ0) is 34.6. The van der Waals surface area contributed by atoms with Gasteiger partial charge in [0.2, 0.25) is 0 Å². The van der Waals surface area contributed by atoms with Crippen LogP contribution in [0.4, 0.5) is 10.1 Å². The Balaban J connectivity index is 1.44. The summed E-state index contributed by atoms with van der Waals surface area (Å²) >= 11 is 0. The maximum atomic E-state index is 15.9. The first kappa shape index (κ1) is 28.0. The molecule has 3 aliphatic heterocycles. The SMILES string of the molecule is [2H]C([2H])([2H])OCC12CCC(CN(N3CN=Cc4cnc(-c5cc(O)cc6ccc(F)c(C#C[Si](C(C)C)(C(C)C)C(C)C)c56)cc43)C1)N2. The van der Waals surface area contributed by atoms with E-state index in [2.05, 4.69) is 73.3 Å². The van der Waals surface area contributed by atoms with Gasteiger partial charge in [-0.15, -0.1) is 5.54 Å². The fourth-order valence-corrected chi connectivity index (χ4v) is 13.5. The van der Waals surface area contributed by atoms with Gasteiger partial charge in [-0.1, -0.05) is 53.5 Å². The molecule has 6 rings (SSSR count). The number of nitrogens with one attached hydrogen (secondary N) is 1. The van der Waals surface area contributed by atoms with E-state index in [-0.39, 0.29) is 18.4 Å². The van der Waals surface area contributed by atoms with E-state index in [1.165, 1.54) is 6.07 Å². The van der Waals surface area contributed by atoms with E-state index in [4.69, 9.17) is 13.8 Å². The molecule has 0 spiro atoms. The molecule has 0 radical (unpaired) electrons. The zero-order valence-electron chi connectivity index (χ0n) is 30.1. The minimum absolute atomic E-state index is 0.0612. The van der Waals surface area contributed by atoms with Gasteiger partial charge in [-0.25, -0.2) is 9.40 Å². The summed E-state index contributed by atoms with van der Waals surface area (Å²) in [4.78, 5) is 9.41. The monoisotopic (exact) mass is 630 g/mol. The smallest absolute Gasteiger partial charge is 0.146 e. The molecule has 9 heteroatoms. The number of anilines is 1. The third kappa shape index (κ3) is 5.56. The van der Waals surface area contributed by atoms with Gasteiger partial charge in [0.1, 0.15) is 26.3 Å². The second-order valence-corrected chi connectivity index (χ2v) is 19.5. The number of hydrogen-bond donors (Lipinski definition) is 2. The molecule has 2 fully saturated rings. The van der Waals surface area contributed by atoms with Crippen LogP contribution in [-0.2, 0) is 4.74 Å². The molecule has 2 saturated heterocycles. The van der Waals surface area contributed by atoms with E-state index in [0.717, 1.165) is 30.6 Å². The fraction of sp³-hybridized carbons (Fsp3) is 0.500. The number of pyridine rings is 1. The van der Waals surface area contributed by atoms with Crippen LogP contribution in [0.2, 0.25) is 16.6 Å². The number of phenolic OH excluding ortho intramolecular Hbond substituents is 1. The average Bonchev–Trinajstić information content (AvgIpc) is 3.33. The molecule has 2 aromatic carbocycles. The van der Waals surface area contributed by atoms with Gasteiger partial charge >= 0.3 is 0 Å². The Labute approximate surface area is 272 Å². The number of rotatable bonds is 7. The second-order valence-electron chi connectivity index (χ2n) is 13.9. The highest BCUT2D eigenvalue weighted by molar-refractivity contribution is 6.90. The van der Waals surface area contributed by atoms with Gasteiger partial charge in [0, 0.05) is 55.1 Å². The maximum absolute atomic E-state index is 15.9. The lowest BCUT2D eigenvalue weighted by Gasteiger charge is -2.46. The van der Waals surface area contributed by atoms with Crippen molar-refractivity contribution in [2.24, 2.45) is 4.99 Å². The highest BCUT2D eigenvalue weighted by atomic mass is 28.3. The summed E-state index contributed by atoms with van der Waals surface area (Å²) < 4.78 is 43.9. The van der Waals surface area contributed by atoms with Gasteiger partial charge in [-0.05, 0) is 59.1 Å². The van der Waals surface area contributed by atoms with Crippen LogP contribution in [0.5, 0.6) is 5.75 Å². The Hall–Kier alpha value is -3.29. The minimum atomic E-state index is -2.46. The molecular formula is C36H46FN5O2Si. The molecule has 238 valence electrons. The van der Waals surface area contributed by atoms with E-state index < -0.39 is 26.5 Å². The van der Waals surface area contributed by atoms with E-state index >= 15 is 4.39 Å². The van der Waals surface area contributed by atoms with E-state index in [0.29, 0.717) is 57.4 Å². The van der Waals surface area contributed by atoms with Crippen molar-refractivity contribution >= 4 is 30.7 Å². The lowest BCUT2D eigenvalue weighted by molar-refractivity contribution is 0.0560. The first-order chi connectivity index (χ1) is 22.6. The molecule has 2 unspecified atom stereocenters. The average molecular weight is 631 g/mol. The van der Waals surface area contributed by atoms with Crippen LogP contribution >= 0.6 is 0 Å². The molecule has 2 bridgehead atoms. The first-order valence-electron chi connectivity index (χ1n) is 17.5. The topological polar surface area (TPSA) is 73.2 Å². The van der Waals surface area contributed by atoms with Crippen molar-refractivity contribution in [1.82, 2.24) is 15.3 Å². The number of aliphatic imine (C=N–C) groups is 1. The van der Waals surface area contributed by atoms with Crippen molar-refractivity contribution in [1.29, 1.82) is 0 Å². The number of aromatic hydroxyl groups is 1. The summed E-state index contributed by atoms with van der Waals surface area (Å²) in [5.41, 5.74) is 7.61. The van der Waals surface area contributed by atoms with Crippen molar-refractivity contribution in [3.05, 3.63) is 53.5 Å². The highest BCUT2D eigenvalue weighted by Crippen LogP contribution is 2.42. The summed E-state index contributed by atoms with van der Waals surface area (Å²) in [5, 5.41) is 20.1. The number of hydrogen-bond acceptors (Lipinski definition) is 7.